The second-order valence-corrected chi connectivity index (χ2v) is 3.94. The summed E-state index contributed by atoms with van der Waals surface area (Å²) in [7, 11) is 0. The molecule has 0 radical (unpaired) electrons. The monoisotopic (exact) mass is 259 g/mol. The lowest BCUT2D eigenvalue weighted by molar-refractivity contribution is -0.137. The highest BCUT2D eigenvalue weighted by molar-refractivity contribution is 5.76. The van der Waals surface area contributed by atoms with E-state index in [-0.39, 0.29) is 17.9 Å². The molecule has 1 aromatic heterocycles. The predicted molar refractivity (Wildman–Crippen MR) is 59.7 cm³/mol. The molecule has 0 spiro atoms. The smallest absolute Gasteiger partial charge is 0.385 e. The van der Waals surface area contributed by atoms with Crippen molar-refractivity contribution in [2.24, 2.45) is 5.73 Å². The van der Waals surface area contributed by atoms with Crippen molar-refractivity contribution in [3.05, 3.63) is 29.6 Å². The SMILES string of the molecule is NCCC(O)c1nc2ccc(C(F)(F)F)cc2[nH]1. The van der Waals surface area contributed by atoms with Gasteiger partial charge in [0.15, 0.2) is 0 Å². The Kier molecular flexibility index (Phi) is 3.27. The predicted octanol–water partition coefficient (Wildman–Crippen LogP) is 1.96. The van der Waals surface area contributed by atoms with Gasteiger partial charge in [0.05, 0.1) is 16.6 Å². The summed E-state index contributed by atoms with van der Waals surface area (Å²) in [5.41, 5.74) is 5.17. The summed E-state index contributed by atoms with van der Waals surface area (Å²) < 4.78 is 37.5. The van der Waals surface area contributed by atoms with Crippen molar-refractivity contribution in [3.63, 3.8) is 0 Å². The lowest BCUT2D eigenvalue weighted by atomic mass is 10.2. The fourth-order valence-electron chi connectivity index (χ4n) is 1.66. The van der Waals surface area contributed by atoms with Crippen molar-refractivity contribution in [1.29, 1.82) is 0 Å². The molecule has 1 heterocycles. The molecule has 0 aliphatic rings. The first-order valence-electron chi connectivity index (χ1n) is 5.37. The van der Waals surface area contributed by atoms with Crippen molar-refractivity contribution in [3.8, 4) is 0 Å². The average Bonchev–Trinajstić information content (AvgIpc) is 2.70. The molecule has 2 rings (SSSR count). The van der Waals surface area contributed by atoms with Crippen LogP contribution in [0.5, 0.6) is 0 Å². The number of alkyl halides is 3. The normalized spacial score (nSPS) is 14.1. The van der Waals surface area contributed by atoms with Gasteiger partial charge in [0, 0.05) is 0 Å². The van der Waals surface area contributed by atoms with Crippen LogP contribution in [0.2, 0.25) is 0 Å². The van der Waals surface area contributed by atoms with Gasteiger partial charge in [-0.25, -0.2) is 4.98 Å². The van der Waals surface area contributed by atoms with Gasteiger partial charge in [-0.05, 0) is 31.2 Å². The van der Waals surface area contributed by atoms with E-state index in [4.69, 9.17) is 5.73 Å². The van der Waals surface area contributed by atoms with Crippen LogP contribution in [0.15, 0.2) is 18.2 Å². The van der Waals surface area contributed by atoms with E-state index in [1.54, 1.807) is 0 Å². The number of aliphatic hydroxyl groups excluding tert-OH is 1. The first-order chi connectivity index (χ1) is 8.41. The Morgan fingerprint density at radius 1 is 1.39 bits per heavy atom. The summed E-state index contributed by atoms with van der Waals surface area (Å²) in [5, 5.41) is 9.65. The van der Waals surface area contributed by atoms with Crippen molar-refractivity contribution in [2.75, 3.05) is 6.54 Å². The molecule has 0 amide bonds. The van der Waals surface area contributed by atoms with Crippen LogP contribution >= 0.6 is 0 Å². The molecule has 0 saturated heterocycles. The maximum atomic E-state index is 12.5. The van der Waals surface area contributed by atoms with E-state index in [0.29, 0.717) is 11.9 Å². The van der Waals surface area contributed by atoms with Crippen molar-refractivity contribution < 1.29 is 18.3 Å². The van der Waals surface area contributed by atoms with Gasteiger partial charge in [-0.3, -0.25) is 0 Å². The molecule has 1 atom stereocenters. The van der Waals surface area contributed by atoms with Crippen molar-refractivity contribution >= 4 is 11.0 Å². The van der Waals surface area contributed by atoms with Crippen LogP contribution in [0, 0.1) is 0 Å². The summed E-state index contributed by atoms with van der Waals surface area (Å²) >= 11 is 0. The fraction of sp³-hybridized carbons (Fsp3) is 0.364. The van der Waals surface area contributed by atoms with Crippen LogP contribution in [0.1, 0.15) is 23.9 Å². The van der Waals surface area contributed by atoms with Gasteiger partial charge in [0.2, 0.25) is 0 Å². The lowest BCUT2D eigenvalue weighted by Crippen LogP contribution is -2.07. The van der Waals surface area contributed by atoms with E-state index >= 15 is 0 Å². The average molecular weight is 259 g/mol. The summed E-state index contributed by atoms with van der Waals surface area (Å²) in [6, 6.07) is 3.20. The van der Waals surface area contributed by atoms with Crippen LogP contribution in [-0.4, -0.2) is 21.6 Å². The topological polar surface area (TPSA) is 74.9 Å². The summed E-state index contributed by atoms with van der Waals surface area (Å²) in [6.45, 7) is 0.270. The first kappa shape index (κ1) is 12.8. The zero-order chi connectivity index (χ0) is 13.3. The number of nitrogens with zero attached hydrogens (tertiary/aromatic N) is 1. The molecule has 0 aliphatic carbocycles. The van der Waals surface area contributed by atoms with Gasteiger partial charge in [-0.1, -0.05) is 0 Å². The molecule has 0 bridgehead atoms. The number of nitrogens with two attached hydrogens (primary N) is 1. The standard InChI is InChI=1S/C11H12F3N3O/c12-11(13,14)6-1-2-7-8(5-6)17-10(16-7)9(18)3-4-15/h1-2,5,9,18H,3-4,15H2,(H,16,17). The minimum Gasteiger partial charge on any atom is -0.385 e. The number of H-pyrrole nitrogens is 1. The number of aromatic amines is 1. The van der Waals surface area contributed by atoms with Gasteiger partial charge < -0.3 is 15.8 Å². The van der Waals surface area contributed by atoms with Crippen LogP contribution < -0.4 is 5.73 Å². The fourth-order valence-corrected chi connectivity index (χ4v) is 1.66. The molecular formula is C11H12F3N3O. The van der Waals surface area contributed by atoms with E-state index < -0.39 is 17.8 Å². The zero-order valence-corrected chi connectivity index (χ0v) is 9.33. The minimum atomic E-state index is -4.39. The van der Waals surface area contributed by atoms with Gasteiger partial charge >= 0.3 is 6.18 Å². The van der Waals surface area contributed by atoms with Crippen LogP contribution in [0.25, 0.3) is 11.0 Å². The molecule has 18 heavy (non-hydrogen) atoms. The highest BCUT2D eigenvalue weighted by atomic mass is 19.4. The molecule has 1 unspecified atom stereocenters. The third-order valence-corrected chi connectivity index (χ3v) is 2.58. The van der Waals surface area contributed by atoms with Gasteiger partial charge in [-0.2, -0.15) is 13.2 Å². The molecule has 4 N–H and O–H groups in total. The molecule has 98 valence electrons. The Morgan fingerprint density at radius 2 is 2.11 bits per heavy atom. The molecule has 1 aromatic carbocycles. The van der Waals surface area contributed by atoms with Crippen LogP contribution in [0.3, 0.4) is 0 Å². The molecule has 0 saturated carbocycles. The number of fused-ring (bicyclic) bond motifs is 1. The Hall–Kier alpha value is -1.60. The molecule has 4 nitrogen and oxygen atoms in total. The van der Waals surface area contributed by atoms with Crippen molar-refractivity contribution in [2.45, 2.75) is 18.7 Å². The Morgan fingerprint density at radius 3 is 2.72 bits per heavy atom. The maximum absolute atomic E-state index is 12.5. The lowest BCUT2D eigenvalue weighted by Gasteiger charge is -2.05. The first-order valence-corrected chi connectivity index (χ1v) is 5.37. The Bertz CT molecular complexity index is 550. The second-order valence-electron chi connectivity index (χ2n) is 3.94. The van der Waals surface area contributed by atoms with E-state index in [2.05, 4.69) is 9.97 Å². The largest absolute Gasteiger partial charge is 0.416 e. The van der Waals surface area contributed by atoms with E-state index in [1.165, 1.54) is 6.07 Å². The second kappa shape index (κ2) is 4.58. The molecule has 0 fully saturated rings. The van der Waals surface area contributed by atoms with Crippen LogP contribution in [0.4, 0.5) is 13.2 Å². The Labute approximate surface area is 101 Å². The quantitative estimate of drug-likeness (QED) is 0.788. The highest BCUT2D eigenvalue weighted by Gasteiger charge is 2.30. The number of hydrogen-bond acceptors (Lipinski definition) is 3. The number of rotatable bonds is 3. The van der Waals surface area contributed by atoms with Crippen molar-refractivity contribution in [1.82, 2.24) is 9.97 Å². The molecule has 7 heteroatoms. The number of aliphatic hydroxyl groups is 1. The highest BCUT2D eigenvalue weighted by Crippen LogP contribution is 2.31. The van der Waals surface area contributed by atoms with E-state index in [9.17, 15) is 18.3 Å². The number of halogens is 3. The van der Waals surface area contributed by atoms with Gasteiger partial charge in [0.25, 0.3) is 0 Å². The zero-order valence-electron chi connectivity index (χ0n) is 9.33. The number of aromatic nitrogens is 2. The van der Waals surface area contributed by atoms with Crippen LogP contribution in [-0.2, 0) is 6.18 Å². The van der Waals surface area contributed by atoms with E-state index in [0.717, 1.165) is 12.1 Å². The van der Waals surface area contributed by atoms with E-state index in [1.807, 2.05) is 0 Å². The third-order valence-electron chi connectivity index (χ3n) is 2.58. The summed E-state index contributed by atoms with van der Waals surface area (Å²) in [5.74, 6) is 0.231. The van der Waals surface area contributed by atoms with Gasteiger partial charge in [-0.15, -0.1) is 0 Å². The number of benzene rings is 1. The minimum absolute atomic E-state index is 0.231. The molecular weight excluding hydrogens is 247 g/mol. The Balaban J connectivity index is 2.40. The molecule has 0 aliphatic heterocycles. The summed E-state index contributed by atoms with van der Waals surface area (Å²) in [4.78, 5) is 6.70. The summed E-state index contributed by atoms with van der Waals surface area (Å²) in [6.07, 6.45) is -4.99. The third kappa shape index (κ3) is 2.46. The van der Waals surface area contributed by atoms with Gasteiger partial charge in [0.1, 0.15) is 11.9 Å². The number of hydrogen-bond donors (Lipinski definition) is 3. The number of imidazole rings is 1. The number of nitrogens with one attached hydrogen (secondary N) is 1. The molecule has 2 aromatic rings. The maximum Gasteiger partial charge on any atom is 0.416 e.